The van der Waals surface area contributed by atoms with Crippen LogP contribution in [0.3, 0.4) is 0 Å². The maximum absolute atomic E-state index is 12.5. The van der Waals surface area contributed by atoms with Crippen molar-refractivity contribution in [3.8, 4) is 5.75 Å². The number of benzene rings is 1. The van der Waals surface area contributed by atoms with Crippen LogP contribution in [0.4, 0.5) is 0 Å². The number of carbonyl (C=O) groups is 4. The Morgan fingerprint density at radius 2 is 1.06 bits per heavy atom. The Morgan fingerprint density at radius 3 is 1.46 bits per heavy atom. The van der Waals surface area contributed by atoms with E-state index in [2.05, 4.69) is 0 Å². The van der Waals surface area contributed by atoms with Crippen molar-refractivity contribution in [2.75, 3.05) is 39.5 Å². The molecule has 1 aromatic carbocycles. The van der Waals surface area contributed by atoms with Gasteiger partial charge in [-0.25, -0.2) is 0 Å². The number of primary amides is 2. The molecule has 0 saturated heterocycles. The highest BCUT2D eigenvalue weighted by atomic mass is 32.2. The van der Waals surface area contributed by atoms with Crippen LogP contribution in [0.2, 0.25) is 0 Å². The van der Waals surface area contributed by atoms with E-state index >= 15 is 0 Å². The number of nitrogens with zero attached hydrogens (tertiary/aromatic N) is 1. The molecule has 0 saturated carbocycles. The molecule has 20 nitrogen and oxygen atoms in total. The van der Waals surface area contributed by atoms with Gasteiger partial charge in [0.1, 0.15) is 49.0 Å². The number of thioether (sulfide) groups is 2. The maximum atomic E-state index is 12.5. The molecule has 18 N–H and O–H groups in total. The lowest BCUT2D eigenvalue weighted by atomic mass is 10.0. The van der Waals surface area contributed by atoms with Crippen LogP contribution in [0, 0.1) is 0 Å². The monoisotopic (exact) mass is 785 g/mol. The quantitative estimate of drug-likeness (QED) is 0.0415. The summed E-state index contributed by atoms with van der Waals surface area (Å²) in [5.41, 5.74) is 22.8. The normalized spacial score (nSPS) is 17.6. The van der Waals surface area contributed by atoms with E-state index < -0.39 is 109 Å². The van der Waals surface area contributed by atoms with Crippen molar-refractivity contribution in [2.24, 2.45) is 22.9 Å². The highest BCUT2D eigenvalue weighted by molar-refractivity contribution is 8.13. The highest BCUT2D eigenvalue weighted by Gasteiger charge is 2.34. The number of carbonyl (C=O) groups excluding carboxylic acids is 4. The van der Waals surface area contributed by atoms with Crippen LogP contribution in [-0.2, 0) is 30.7 Å². The second-order valence-electron chi connectivity index (χ2n) is 11.9. The van der Waals surface area contributed by atoms with Crippen LogP contribution < -0.4 is 27.7 Å². The third-order valence-electron chi connectivity index (χ3n) is 7.58. The molecule has 2 amide bonds. The van der Waals surface area contributed by atoms with Crippen molar-refractivity contribution in [1.29, 1.82) is 0 Å². The zero-order valence-electron chi connectivity index (χ0n) is 28.2. The number of aliphatic hydroxyl groups excluding tert-OH is 10. The standard InChI is InChI=1S/C30H51N5O15S2/c31-17(6-23(33)42)29(48)51-12-14-1-2-16(5-15(14)13-52-30(49)18(32)7-24(34)43)50-4-3-35(8-19(38)25(44)27(46)21(40)10-36)9-20(39)26(45)28(47)22(41)11-37/h1-2,5,17-22,25-28,36-41,44-47H,3-4,6-13,31-32H2,(H2,33,42)(H2,34,43)/t17-,18-,19-,20-,21+,22+,25+,26+,27+,28+/m0/s1. The molecular formula is C30H51N5O15S2. The van der Waals surface area contributed by atoms with Gasteiger partial charge in [0, 0.05) is 44.0 Å². The molecule has 1 rings (SSSR count). The van der Waals surface area contributed by atoms with E-state index in [4.69, 9.17) is 37.9 Å². The van der Waals surface area contributed by atoms with E-state index in [0.717, 1.165) is 23.5 Å². The van der Waals surface area contributed by atoms with E-state index in [1.165, 1.54) is 11.0 Å². The maximum Gasteiger partial charge on any atom is 0.219 e. The number of rotatable bonds is 26. The smallest absolute Gasteiger partial charge is 0.219 e. The second-order valence-corrected chi connectivity index (χ2v) is 13.9. The first-order valence-corrected chi connectivity index (χ1v) is 17.8. The van der Waals surface area contributed by atoms with Crippen molar-refractivity contribution >= 4 is 45.6 Å². The van der Waals surface area contributed by atoms with Crippen LogP contribution in [0.25, 0.3) is 0 Å². The highest BCUT2D eigenvalue weighted by Crippen LogP contribution is 2.27. The van der Waals surface area contributed by atoms with Gasteiger partial charge in [-0.1, -0.05) is 29.6 Å². The summed E-state index contributed by atoms with van der Waals surface area (Å²) in [6.45, 7) is -3.23. The van der Waals surface area contributed by atoms with Crippen molar-refractivity contribution in [2.45, 2.75) is 85.3 Å². The molecule has 0 aromatic heterocycles. The first-order valence-electron chi connectivity index (χ1n) is 15.9. The predicted molar refractivity (Wildman–Crippen MR) is 187 cm³/mol. The van der Waals surface area contributed by atoms with Gasteiger partial charge in [0.15, 0.2) is 0 Å². The largest absolute Gasteiger partial charge is 0.492 e. The summed E-state index contributed by atoms with van der Waals surface area (Å²) >= 11 is 1.60. The van der Waals surface area contributed by atoms with Crippen LogP contribution in [0.5, 0.6) is 5.75 Å². The molecular weight excluding hydrogens is 734 g/mol. The summed E-state index contributed by atoms with van der Waals surface area (Å²) in [7, 11) is 0. The zero-order chi connectivity index (χ0) is 39.7. The van der Waals surface area contributed by atoms with Gasteiger partial charge in [-0.3, -0.25) is 24.1 Å². The van der Waals surface area contributed by atoms with Crippen molar-refractivity contribution in [1.82, 2.24) is 4.90 Å². The van der Waals surface area contributed by atoms with Crippen LogP contribution in [0.15, 0.2) is 18.2 Å². The van der Waals surface area contributed by atoms with E-state index in [-0.39, 0.29) is 43.2 Å². The number of amides is 2. The molecule has 0 unspecified atom stereocenters. The fourth-order valence-electron chi connectivity index (χ4n) is 4.50. The van der Waals surface area contributed by atoms with E-state index in [0.29, 0.717) is 11.1 Å². The molecule has 1 aromatic rings. The molecule has 0 bridgehead atoms. The van der Waals surface area contributed by atoms with Crippen LogP contribution in [-0.4, -0.2) is 178 Å². The van der Waals surface area contributed by atoms with E-state index in [1.54, 1.807) is 12.1 Å². The third-order valence-corrected chi connectivity index (χ3v) is 9.67. The lowest BCUT2D eigenvalue weighted by Crippen LogP contribution is -2.53. The van der Waals surface area contributed by atoms with E-state index in [1.807, 2.05) is 0 Å². The van der Waals surface area contributed by atoms with Gasteiger partial charge in [-0.2, -0.15) is 0 Å². The number of nitrogens with two attached hydrogens (primary N) is 4. The average molecular weight is 786 g/mol. The molecule has 0 fully saturated rings. The van der Waals surface area contributed by atoms with Crippen molar-refractivity contribution in [3.05, 3.63) is 29.3 Å². The Morgan fingerprint density at radius 1 is 0.654 bits per heavy atom. The first kappa shape index (κ1) is 47.5. The Labute approximate surface area is 307 Å². The molecule has 52 heavy (non-hydrogen) atoms. The Kier molecular flexibility index (Phi) is 21.9. The fourth-order valence-corrected chi connectivity index (χ4v) is 6.24. The van der Waals surface area contributed by atoms with Crippen LogP contribution in [0.1, 0.15) is 24.0 Å². The SMILES string of the molecule is NC(=O)C[C@H](N)C(=O)SCc1ccc(OCCN(C[C@H](O)[C@@H](O)[C@H](O)[C@H](O)CO)C[C@H](O)[C@@H](O)[C@H](O)[C@H](O)CO)cc1CSC(=O)[C@@H](N)CC(N)=O. The number of hydrogen-bond donors (Lipinski definition) is 14. The Balaban J connectivity index is 3.20. The molecule has 0 aliphatic heterocycles. The predicted octanol–water partition coefficient (Wildman–Crippen LogP) is -6.84. The molecule has 0 aliphatic carbocycles. The van der Waals surface area contributed by atoms with Crippen LogP contribution >= 0.6 is 23.5 Å². The second kappa shape index (κ2) is 24.0. The van der Waals surface area contributed by atoms with Crippen molar-refractivity contribution in [3.63, 3.8) is 0 Å². The average Bonchev–Trinajstić information content (AvgIpc) is 3.10. The summed E-state index contributed by atoms with van der Waals surface area (Å²) < 4.78 is 5.84. The van der Waals surface area contributed by atoms with E-state index in [9.17, 15) is 60.0 Å². The zero-order valence-corrected chi connectivity index (χ0v) is 29.8. The summed E-state index contributed by atoms with van der Waals surface area (Å²) in [6, 6.07) is 2.37. The molecule has 0 aliphatic rings. The minimum absolute atomic E-state index is 0.0181. The topological polar surface area (TPSA) is 387 Å². The molecule has 0 heterocycles. The number of hydrogen-bond acceptors (Lipinski definition) is 20. The first-order chi connectivity index (χ1) is 24.3. The number of aliphatic hydroxyl groups is 10. The van der Waals surface area contributed by atoms with Crippen molar-refractivity contribution < 1.29 is 75.0 Å². The summed E-state index contributed by atoms with van der Waals surface area (Å²) in [6.07, 6.45) is -15.8. The molecule has 0 radical (unpaired) electrons. The molecule has 0 spiro atoms. The number of ether oxygens (including phenoxy) is 1. The third kappa shape index (κ3) is 16.7. The molecule has 22 heteroatoms. The Bertz CT molecular complexity index is 1260. The van der Waals surface area contributed by atoms with Gasteiger partial charge in [0.05, 0.1) is 37.5 Å². The molecule has 10 atom stereocenters. The summed E-state index contributed by atoms with van der Waals surface area (Å²) in [5.74, 6) is -1.19. The van der Waals surface area contributed by atoms with Gasteiger partial charge >= 0.3 is 0 Å². The van der Waals surface area contributed by atoms with Gasteiger partial charge in [-0.05, 0) is 23.3 Å². The summed E-state index contributed by atoms with van der Waals surface area (Å²) in [4.78, 5) is 48.6. The minimum Gasteiger partial charge on any atom is -0.492 e. The Hall–Kier alpha value is -2.52. The van der Waals surface area contributed by atoms with Gasteiger partial charge in [0.25, 0.3) is 0 Å². The fraction of sp³-hybridized carbons (Fsp3) is 0.667. The van der Waals surface area contributed by atoms with Gasteiger partial charge < -0.3 is 78.7 Å². The summed E-state index contributed by atoms with van der Waals surface area (Å²) in [5, 5.41) is 98.2. The lowest BCUT2D eigenvalue weighted by molar-refractivity contribution is -0.130. The molecule has 298 valence electrons. The lowest BCUT2D eigenvalue weighted by Gasteiger charge is -2.33. The van der Waals surface area contributed by atoms with Gasteiger partial charge in [0.2, 0.25) is 22.0 Å². The van der Waals surface area contributed by atoms with Gasteiger partial charge in [-0.15, -0.1) is 0 Å². The minimum atomic E-state index is -1.98.